The highest BCUT2D eigenvalue weighted by Gasteiger charge is 2.30. The van der Waals surface area contributed by atoms with E-state index in [2.05, 4.69) is 11.9 Å². The van der Waals surface area contributed by atoms with Crippen molar-refractivity contribution >= 4 is 5.91 Å². The first-order chi connectivity index (χ1) is 6.29. The standard InChI is InChI=1S/C10H16N2O/c1-2-10(13)12-6-5-8-3-4-9(7-12)11-8/h2,8-9,11H,1,3-7H2. The van der Waals surface area contributed by atoms with Gasteiger partial charge in [0, 0.05) is 25.2 Å². The van der Waals surface area contributed by atoms with Crippen LogP contribution in [0.5, 0.6) is 0 Å². The quantitative estimate of drug-likeness (QED) is 0.597. The number of nitrogens with one attached hydrogen (secondary N) is 1. The van der Waals surface area contributed by atoms with Gasteiger partial charge in [0.05, 0.1) is 0 Å². The minimum atomic E-state index is 0.0781. The van der Waals surface area contributed by atoms with Gasteiger partial charge in [-0.2, -0.15) is 0 Å². The van der Waals surface area contributed by atoms with Gasteiger partial charge in [-0.15, -0.1) is 0 Å². The van der Waals surface area contributed by atoms with E-state index in [1.807, 2.05) is 4.90 Å². The van der Waals surface area contributed by atoms with Crippen molar-refractivity contribution in [3.8, 4) is 0 Å². The molecule has 1 N–H and O–H groups in total. The maximum Gasteiger partial charge on any atom is 0.246 e. The SMILES string of the molecule is C=CC(=O)N1CCC2CCC(C1)N2. The van der Waals surface area contributed by atoms with Crippen LogP contribution < -0.4 is 5.32 Å². The maximum absolute atomic E-state index is 11.4. The lowest BCUT2D eigenvalue weighted by Gasteiger charge is -2.22. The summed E-state index contributed by atoms with van der Waals surface area (Å²) in [5.41, 5.74) is 0. The molecule has 0 aliphatic carbocycles. The highest BCUT2D eigenvalue weighted by molar-refractivity contribution is 5.87. The summed E-state index contributed by atoms with van der Waals surface area (Å²) in [6, 6.07) is 1.17. The van der Waals surface area contributed by atoms with Gasteiger partial charge in [-0.25, -0.2) is 0 Å². The molecule has 2 bridgehead atoms. The number of likely N-dealkylation sites (tertiary alicyclic amines) is 1. The third-order valence-electron chi connectivity index (χ3n) is 3.01. The van der Waals surface area contributed by atoms with Crippen molar-refractivity contribution in [1.82, 2.24) is 10.2 Å². The smallest absolute Gasteiger partial charge is 0.246 e. The fraction of sp³-hybridized carbons (Fsp3) is 0.700. The molecule has 0 aromatic carbocycles. The minimum absolute atomic E-state index is 0.0781. The molecule has 2 unspecified atom stereocenters. The Morgan fingerprint density at radius 2 is 2.15 bits per heavy atom. The van der Waals surface area contributed by atoms with Gasteiger partial charge in [0.2, 0.25) is 5.91 Å². The molecule has 3 nitrogen and oxygen atoms in total. The van der Waals surface area contributed by atoms with Gasteiger partial charge in [0.1, 0.15) is 0 Å². The number of hydrogen-bond donors (Lipinski definition) is 1. The highest BCUT2D eigenvalue weighted by Crippen LogP contribution is 2.20. The summed E-state index contributed by atoms with van der Waals surface area (Å²) in [4.78, 5) is 13.3. The summed E-state index contributed by atoms with van der Waals surface area (Å²) < 4.78 is 0. The average molecular weight is 180 g/mol. The van der Waals surface area contributed by atoms with Gasteiger partial charge in [-0.3, -0.25) is 4.79 Å². The van der Waals surface area contributed by atoms with Crippen molar-refractivity contribution in [2.75, 3.05) is 13.1 Å². The number of rotatable bonds is 1. The van der Waals surface area contributed by atoms with Crippen LogP contribution in [-0.2, 0) is 4.79 Å². The molecule has 2 saturated heterocycles. The van der Waals surface area contributed by atoms with Crippen LogP contribution in [0.15, 0.2) is 12.7 Å². The van der Waals surface area contributed by atoms with Gasteiger partial charge in [0.15, 0.2) is 0 Å². The van der Waals surface area contributed by atoms with Gasteiger partial charge in [-0.1, -0.05) is 6.58 Å². The Morgan fingerprint density at radius 1 is 1.38 bits per heavy atom. The van der Waals surface area contributed by atoms with Crippen LogP contribution in [0.1, 0.15) is 19.3 Å². The molecular weight excluding hydrogens is 164 g/mol. The van der Waals surface area contributed by atoms with Crippen LogP contribution in [0.25, 0.3) is 0 Å². The molecule has 72 valence electrons. The molecule has 2 aliphatic heterocycles. The Morgan fingerprint density at radius 3 is 2.92 bits per heavy atom. The van der Waals surface area contributed by atoms with Crippen molar-refractivity contribution in [3.63, 3.8) is 0 Å². The molecule has 0 aromatic rings. The summed E-state index contributed by atoms with van der Waals surface area (Å²) in [5, 5.41) is 3.53. The predicted molar refractivity (Wildman–Crippen MR) is 51.3 cm³/mol. The summed E-state index contributed by atoms with van der Waals surface area (Å²) in [7, 11) is 0. The van der Waals surface area contributed by atoms with E-state index in [-0.39, 0.29) is 5.91 Å². The number of hydrogen-bond acceptors (Lipinski definition) is 2. The van der Waals surface area contributed by atoms with Crippen molar-refractivity contribution in [2.45, 2.75) is 31.3 Å². The minimum Gasteiger partial charge on any atom is -0.338 e. The van der Waals surface area contributed by atoms with Crippen molar-refractivity contribution in [3.05, 3.63) is 12.7 Å². The molecule has 0 aromatic heterocycles. The van der Waals surface area contributed by atoms with E-state index in [0.29, 0.717) is 12.1 Å². The molecule has 2 aliphatic rings. The van der Waals surface area contributed by atoms with Crippen molar-refractivity contribution in [2.24, 2.45) is 0 Å². The lowest BCUT2D eigenvalue weighted by Crippen LogP contribution is -2.38. The topological polar surface area (TPSA) is 32.3 Å². The fourth-order valence-corrected chi connectivity index (χ4v) is 2.27. The Labute approximate surface area is 78.8 Å². The van der Waals surface area contributed by atoms with Crippen LogP contribution in [-0.4, -0.2) is 36.0 Å². The molecule has 13 heavy (non-hydrogen) atoms. The zero-order valence-corrected chi connectivity index (χ0v) is 7.83. The van der Waals surface area contributed by atoms with Gasteiger partial charge in [0.25, 0.3) is 0 Å². The van der Waals surface area contributed by atoms with Crippen LogP contribution in [0.3, 0.4) is 0 Å². The van der Waals surface area contributed by atoms with Gasteiger partial charge >= 0.3 is 0 Å². The lowest BCUT2D eigenvalue weighted by molar-refractivity contribution is -0.126. The molecular formula is C10H16N2O. The molecule has 2 heterocycles. The Bertz CT molecular complexity index is 227. The van der Waals surface area contributed by atoms with E-state index in [4.69, 9.17) is 0 Å². The van der Waals surface area contributed by atoms with Crippen molar-refractivity contribution < 1.29 is 4.79 Å². The van der Waals surface area contributed by atoms with Crippen molar-refractivity contribution in [1.29, 1.82) is 0 Å². The Balaban J connectivity index is 2.00. The molecule has 2 fully saturated rings. The Hall–Kier alpha value is -0.830. The van der Waals surface area contributed by atoms with Crippen LogP contribution in [0.4, 0.5) is 0 Å². The zero-order chi connectivity index (χ0) is 9.26. The first kappa shape index (κ1) is 8.75. The predicted octanol–water partition coefficient (Wildman–Crippen LogP) is 0.525. The summed E-state index contributed by atoms with van der Waals surface area (Å²) >= 11 is 0. The van der Waals surface area contributed by atoms with E-state index in [1.165, 1.54) is 18.9 Å². The zero-order valence-electron chi connectivity index (χ0n) is 7.83. The van der Waals surface area contributed by atoms with E-state index in [9.17, 15) is 4.79 Å². The highest BCUT2D eigenvalue weighted by atomic mass is 16.2. The third kappa shape index (κ3) is 1.75. The lowest BCUT2D eigenvalue weighted by atomic mass is 10.1. The number of carbonyl (C=O) groups is 1. The molecule has 1 amide bonds. The maximum atomic E-state index is 11.4. The van der Waals surface area contributed by atoms with Gasteiger partial charge in [-0.05, 0) is 25.3 Å². The molecule has 3 heteroatoms. The largest absolute Gasteiger partial charge is 0.338 e. The van der Waals surface area contributed by atoms with E-state index >= 15 is 0 Å². The number of amides is 1. The second-order valence-electron chi connectivity index (χ2n) is 3.91. The molecule has 0 spiro atoms. The second-order valence-corrected chi connectivity index (χ2v) is 3.91. The monoisotopic (exact) mass is 180 g/mol. The number of fused-ring (bicyclic) bond motifs is 2. The average Bonchev–Trinajstić information content (AvgIpc) is 2.45. The number of nitrogens with zero attached hydrogens (tertiary/aromatic N) is 1. The summed E-state index contributed by atoms with van der Waals surface area (Å²) in [6.45, 7) is 5.27. The first-order valence-electron chi connectivity index (χ1n) is 4.97. The second kappa shape index (κ2) is 3.50. The van der Waals surface area contributed by atoms with Crippen LogP contribution in [0, 0.1) is 0 Å². The van der Waals surface area contributed by atoms with E-state index in [0.717, 1.165) is 19.5 Å². The van der Waals surface area contributed by atoms with E-state index in [1.54, 1.807) is 0 Å². The summed E-state index contributed by atoms with van der Waals surface area (Å²) in [5.74, 6) is 0.0781. The fourth-order valence-electron chi connectivity index (χ4n) is 2.27. The van der Waals surface area contributed by atoms with Crippen LogP contribution in [0.2, 0.25) is 0 Å². The van der Waals surface area contributed by atoms with Crippen LogP contribution >= 0.6 is 0 Å². The normalized spacial score (nSPS) is 32.8. The number of carbonyl (C=O) groups excluding carboxylic acids is 1. The molecule has 2 rings (SSSR count). The van der Waals surface area contributed by atoms with E-state index < -0.39 is 0 Å². The Kier molecular flexibility index (Phi) is 2.36. The third-order valence-corrected chi connectivity index (χ3v) is 3.01. The molecule has 0 saturated carbocycles. The van der Waals surface area contributed by atoms with Gasteiger partial charge < -0.3 is 10.2 Å². The molecule has 2 atom stereocenters. The molecule has 0 radical (unpaired) electrons. The first-order valence-corrected chi connectivity index (χ1v) is 4.97. The summed E-state index contributed by atoms with van der Waals surface area (Å²) in [6.07, 6.45) is 5.00.